The molecule has 0 saturated heterocycles. The van der Waals surface area contributed by atoms with Gasteiger partial charge >= 0.3 is 11.9 Å². The predicted molar refractivity (Wildman–Crippen MR) is 147 cm³/mol. The number of aliphatic carboxylic acids is 1. The summed E-state index contributed by atoms with van der Waals surface area (Å²) in [5.41, 5.74) is 1.05. The Morgan fingerprint density at radius 2 is 1.59 bits per heavy atom. The van der Waals surface area contributed by atoms with Gasteiger partial charge in [-0.05, 0) is 117 Å². The van der Waals surface area contributed by atoms with Gasteiger partial charge in [0.05, 0.1) is 5.41 Å². The van der Waals surface area contributed by atoms with E-state index in [4.69, 9.17) is 16.3 Å². The molecule has 5 fully saturated rings. The number of fused-ring (bicyclic) bond motifs is 7. The number of carbonyl (C=O) groups excluding carboxylic acids is 1. The van der Waals surface area contributed by atoms with Crippen LogP contribution in [-0.2, 0) is 14.3 Å². The van der Waals surface area contributed by atoms with Gasteiger partial charge in [0, 0.05) is 5.41 Å². The third-order valence-corrected chi connectivity index (χ3v) is 14.0. The van der Waals surface area contributed by atoms with Crippen molar-refractivity contribution in [1.82, 2.24) is 0 Å². The Labute approximate surface area is 229 Å². The van der Waals surface area contributed by atoms with Crippen LogP contribution in [0.2, 0.25) is 0 Å². The summed E-state index contributed by atoms with van der Waals surface area (Å²) in [6.45, 7) is 18.8. The number of hydrogen-bond donors (Lipinski definition) is 1. The van der Waals surface area contributed by atoms with E-state index in [2.05, 4.69) is 48.1 Å². The molecule has 10 atom stereocenters. The Hall–Kier alpha value is -1.03. The summed E-state index contributed by atoms with van der Waals surface area (Å²) in [6.07, 6.45) is 10.2. The standard InChI is InChI=1S/C32H49ClO4/c1-19(2)20-10-15-32(27(35)36)17-16-30(6)21(26(20)32)8-9-23-29(5)13-12-24(37-25(34)18-33)28(3,4)22(29)11-14-31(23,30)7/h20-24,26H,1,8-18H2,2-7H3,(H,35,36)/t20-,21+,22?,23?,24-,26?,29-,30+,31+,32-/m0/s1. The SMILES string of the molecule is C=C(C)[C@@H]1CC[C@]2(C(=O)O)CC[C@]3(C)[C@H](CCC4[C@@]5(C)CC[C@H](OC(=O)CCl)C(C)(C)C5CC[C@]43C)C12. The van der Waals surface area contributed by atoms with E-state index < -0.39 is 11.4 Å². The Bertz CT molecular complexity index is 989. The first-order valence-corrected chi connectivity index (χ1v) is 15.4. The maximum atomic E-state index is 12.8. The molecule has 0 spiro atoms. The van der Waals surface area contributed by atoms with Gasteiger partial charge in [-0.2, -0.15) is 0 Å². The van der Waals surface area contributed by atoms with Gasteiger partial charge in [0.15, 0.2) is 0 Å². The number of carbonyl (C=O) groups is 2. The highest BCUT2D eigenvalue weighted by Crippen LogP contribution is 2.77. The molecule has 0 amide bonds. The Kier molecular flexibility index (Phi) is 6.50. The van der Waals surface area contributed by atoms with Crippen molar-refractivity contribution >= 4 is 23.5 Å². The largest absolute Gasteiger partial charge is 0.481 e. The van der Waals surface area contributed by atoms with Crippen LogP contribution in [0.1, 0.15) is 106 Å². The second kappa shape index (κ2) is 8.73. The zero-order valence-corrected chi connectivity index (χ0v) is 24.8. The van der Waals surface area contributed by atoms with Crippen LogP contribution in [0.15, 0.2) is 12.2 Å². The number of esters is 1. The van der Waals surface area contributed by atoms with Crippen molar-refractivity contribution in [2.45, 2.75) is 112 Å². The van der Waals surface area contributed by atoms with Gasteiger partial charge in [0.25, 0.3) is 0 Å². The average molecular weight is 533 g/mol. The molecular weight excluding hydrogens is 484 g/mol. The fourth-order valence-corrected chi connectivity index (χ4v) is 12.0. The van der Waals surface area contributed by atoms with E-state index in [9.17, 15) is 14.7 Å². The van der Waals surface area contributed by atoms with E-state index in [-0.39, 0.29) is 45.5 Å². The minimum absolute atomic E-state index is 0.0752. The third kappa shape index (κ3) is 3.52. The highest BCUT2D eigenvalue weighted by atomic mass is 35.5. The van der Waals surface area contributed by atoms with Crippen LogP contribution >= 0.6 is 11.6 Å². The molecular formula is C32H49ClO4. The highest BCUT2D eigenvalue weighted by molar-refractivity contribution is 6.26. The molecule has 3 unspecified atom stereocenters. The molecule has 0 aliphatic heterocycles. The number of carboxylic acid groups (broad SMARTS) is 1. The topological polar surface area (TPSA) is 63.6 Å². The number of ether oxygens (including phenoxy) is 1. The predicted octanol–water partition coefficient (Wildman–Crippen LogP) is 7.88. The van der Waals surface area contributed by atoms with Gasteiger partial charge in [-0.15, -0.1) is 11.6 Å². The van der Waals surface area contributed by atoms with E-state index in [0.717, 1.165) is 51.4 Å². The number of alkyl halides is 1. The number of halogens is 1. The Balaban J connectivity index is 1.50. The molecule has 5 heteroatoms. The lowest BCUT2D eigenvalue weighted by Gasteiger charge is -2.72. The Morgan fingerprint density at radius 1 is 0.892 bits per heavy atom. The summed E-state index contributed by atoms with van der Waals surface area (Å²) < 4.78 is 5.90. The van der Waals surface area contributed by atoms with Crippen LogP contribution < -0.4 is 0 Å². The summed E-state index contributed by atoms with van der Waals surface area (Å²) in [5.74, 6) is 1.14. The first-order chi connectivity index (χ1) is 17.2. The molecule has 208 valence electrons. The molecule has 0 radical (unpaired) electrons. The summed E-state index contributed by atoms with van der Waals surface area (Å²) in [7, 11) is 0. The second-order valence-electron chi connectivity index (χ2n) is 15.1. The van der Waals surface area contributed by atoms with E-state index >= 15 is 0 Å². The van der Waals surface area contributed by atoms with E-state index in [1.807, 2.05) is 0 Å². The van der Waals surface area contributed by atoms with Crippen molar-refractivity contribution in [2.75, 3.05) is 5.88 Å². The lowest BCUT2D eigenvalue weighted by molar-refractivity contribution is -0.250. The van der Waals surface area contributed by atoms with Crippen molar-refractivity contribution < 1.29 is 19.4 Å². The minimum atomic E-state index is -0.565. The normalized spacial score (nSPS) is 50.1. The summed E-state index contributed by atoms with van der Waals surface area (Å²) in [6, 6.07) is 0. The molecule has 37 heavy (non-hydrogen) atoms. The van der Waals surface area contributed by atoms with E-state index in [1.165, 1.54) is 18.4 Å². The lowest BCUT2D eigenvalue weighted by atomic mass is 9.32. The van der Waals surface area contributed by atoms with Crippen LogP contribution in [0, 0.1) is 56.7 Å². The van der Waals surface area contributed by atoms with Crippen LogP contribution in [0.25, 0.3) is 0 Å². The Morgan fingerprint density at radius 3 is 2.22 bits per heavy atom. The van der Waals surface area contributed by atoms with Crippen molar-refractivity contribution in [3.63, 3.8) is 0 Å². The third-order valence-electron chi connectivity index (χ3n) is 13.8. The van der Waals surface area contributed by atoms with E-state index in [0.29, 0.717) is 23.7 Å². The number of allylic oxidation sites excluding steroid dienone is 1. The molecule has 0 aromatic rings. The zero-order chi connectivity index (χ0) is 27.2. The fourth-order valence-electron chi connectivity index (χ4n) is 11.9. The van der Waals surface area contributed by atoms with Gasteiger partial charge in [-0.1, -0.05) is 46.8 Å². The molecule has 5 aliphatic carbocycles. The van der Waals surface area contributed by atoms with Crippen molar-refractivity contribution in [3.8, 4) is 0 Å². The van der Waals surface area contributed by atoms with Gasteiger partial charge < -0.3 is 9.84 Å². The quantitative estimate of drug-likeness (QED) is 0.227. The van der Waals surface area contributed by atoms with Crippen LogP contribution in [0.5, 0.6) is 0 Å². The second-order valence-corrected chi connectivity index (χ2v) is 15.4. The number of rotatable bonds is 4. The zero-order valence-electron chi connectivity index (χ0n) is 24.0. The fraction of sp³-hybridized carbons (Fsp3) is 0.875. The van der Waals surface area contributed by atoms with Crippen LogP contribution in [0.4, 0.5) is 0 Å². The number of carboxylic acids is 1. The lowest BCUT2D eigenvalue weighted by Crippen LogP contribution is -2.67. The van der Waals surface area contributed by atoms with Crippen LogP contribution in [0.3, 0.4) is 0 Å². The molecule has 5 saturated carbocycles. The number of hydrogen-bond acceptors (Lipinski definition) is 3. The summed E-state index contributed by atoms with van der Waals surface area (Å²) >= 11 is 5.80. The molecule has 5 rings (SSSR count). The molecule has 4 nitrogen and oxygen atoms in total. The van der Waals surface area contributed by atoms with Crippen molar-refractivity contribution in [2.24, 2.45) is 56.7 Å². The van der Waals surface area contributed by atoms with Gasteiger partial charge in [-0.25, -0.2) is 0 Å². The minimum Gasteiger partial charge on any atom is -0.481 e. The molecule has 0 bridgehead atoms. The van der Waals surface area contributed by atoms with Crippen LogP contribution in [-0.4, -0.2) is 29.0 Å². The summed E-state index contributed by atoms with van der Waals surface area (Å²) in [5, 5.41) is 10.6. The monoisotopic (exact) mass is 532 g/mol. The van der Waals surface area contributed by atoms with E-state index in [1.54, 1.807) is 0 Å². The maximum Gasteiger partial charge on any atom is 0.321 e. The molecule has 0 aromatic heterocycles. The average Bonchev–Trinajstić information content (AvgIpc) is 3.23. The summed E-state index contributed by atoms with van der Waals surface area (Å²) in [4.78, 5) is 25.0. The molecule has 1 N–H and O–H groups in total. The van der Waals surface area contributed by atoms with Gasteiger partial charge in [-0.3, -0.25) is 9.59 Å². The molecule has 0 heterocycles. The smallest absolute Gasteiger partial charge is 0.321 e. The molecule has 0 aromatic carbocycles. The maximum absolute atomic E-state index is 12.8. The first kappa shape index (κ1) is 27.5. The van der Waals surface area contributed by atoms with Crippen molar-refractivity contribution in [1.29, 1.82) is 0 Å². The first-order valence-electron chi connectivity index (χ1n) is 14.8. The van der Waals surface area contributed by atoms with Gasteiger partial charge in [0.2, 0.25) is 0 Å². The van der Waals surface area contributed by atoms with Gasteiger partial charge in [0.1, 0.15) is 12.0 Å². The van der Waals surface area contributed by atoms with Crippen molar-refractivity contribution in [3.05, 3.63) is 12.2 Å². The molecule has 5 aliphatic rings. The highest BCUT2D eigenvalue weighted by Gasteiger charge is 2.72.